The Morgan fingerprint density at radius 2 is 1.02 bits per heavy atom. The highest BCUT2D eigenvalue weighted by Crippen LogP contribution is 2.38. The molecule has 0 amide bonds. The molecule has 3 saturated carbocycles. The smallest absolute Gasteiger partial charge is 0.399 e. The lowest BCUT2D eigenvalue weighted by atomic mass is 9.78. The maximum absolute atomic E-state index is 10.1. The van der Waals surface area contributed by atoms with E-state index in [9.17, 15) is 10.2 Å². The van der Waals surface area contributed by atoms with Gasteiger partial charge in [0, 0.05) is 44.2 Å². The van der Waals surface area contributed by atoms with Crippen LogP contribution in [0.2, 0.25) is 0 Å². The number of aromatic nitrogens is 6. The first-order chi connectivity index (χ1) is 29.8. The molecule has 326 valence electrons. The van der Waals surface area contributed by atoms with Gasteiger partial charge in [0.2, 0.25) is 0 Å². The quantitative estimate of drug-likeness (QED) is 0.111. The number of benzene rings is 3. The Hall–Kier alpha value is -3.89. The number of fused-ring (bicyclic) bond motifs is 1. The second kappa shape index (κ2) is 19.5. The Kier molecular flexibility index (Phi) is 14.0. The van der Waals surface area contributed by atoms with Crippen LogP contribution >= 0.6 is 31.9 Å². The minimum absolute atomic E-state index is 0.104. The van der Waals surface area contributed by atoms with Crippen molar-refractivity contribution >= 4 is 44.4 Å². The monoisotopic (exact) mass is 966 g/mol. The van der Waals surface area contributed by atoms with E-state index in [1.54, 1.807) is 0 Å². The lowest BCUT2D eigenvalue weighted by Crippen LogP contribution is -2.41. The summed E-state index contributed by atoms with van der Waals surface area (Å²) in [6.45, 7) is 8.25. The third-order valence-corrected chi connectivity index (χ3v) is 14.1. The Morgan fingerprint density at radius 1 is 0.581 bits per heavy atom. The topological polar surface area (TPSA) is 136 Å². The van der Waals surface area contributed by atoms with Gasteiger partial charge in [0.1, 0.15) is 0 Å². The van der Waals surface area contributed by atoms with E-state index in [2.05, 4.69) is 128 Å². The Balaban J connectivity index is 0.000000126. The molecule has 3 aromatic heterocycles. The molecule has 3 aromatic carbocycles. The molecular weight excluding hydrogens is 911 g/mol. The van der Waals surface area contributed by atoms with Gasteiger partial charge in [0.05, 0.1) is 66.3 Å². The van der Waals surface area contributed by atoms with Crippen LogP contribution in [-0.4, -0.2) is 82.7 Å². The molecule has 14 heteroatoms. The number of halogens is 2. The molecule has 3 aliphatic carbocycles. The molecule has 0 bridgehead atoms. The number of epoxide rings is 1. The average Bonchev–Trinajstić information content (AvgIpc) is 4.07. The third-order valence-electron chi connectivity index (χ3n) is 13.1. The van der Waals surface area contributed by atoms with Crippen LogP contribution in [0.1, 0.15) is 97.6 Å². The van der Waals surface area contributed by atoms with E-state index < -0.39 is 0 Å². The van der Waals surface area contributed by atoms with Gasteiger partial charge in [-0.25, -0.2) is 0 Å². The zero-order valence-electron chi connectivity index (χ0n) is 35.9. The number of H-pyrrole nitrogens is 1. The number of nitrogens with zero attached hydrogens (tertiary/aromatic N) is 5. The van der Waals surface area contributed by atoms with Crippen LogP contribution in [0.25, 0.3) is 33.4 Å². The van der Waals surface area contributed by atoms with Crippen molar-refractivity contribution in [2.75, 3.05) is 0 Å². The van der Waals surface area contributed by atoms with Gasteiger partial charge < -0.3 is 24.3 Å². The summed E-state index contributed by atoms with van der Waals surface area (Å²) in [5.74, 6) is 0. The molecular formula is C48H57BBr2N6O5. The second-order valence-electron chi connectivity index (χ2n) is 17.9. The molecule has 0 radical (unpaired) electrons. The summed E-state index contributed by atoms with van der Waals surface area (Å²) in [5.41, 5.74) is 7.05. The van der Waals surface area contributed by atoms with Crippen LogP contribution in [0, 0.1) is 0 Å². The molecule has 2 aliphatic heterocycles. The van der Waals surface area contributed by atoms with Crippen molar-refractivity contribution in [2.24, 2.45) is 0 Å². The van der Waals surface area contributed by atoms with Crippen molar-refractivity contribution in [3.8, 4) is 33.4 Å². The molecule has 3 N–H and O–H groups in total. The van der Waals surface area contributed by atoms with Crippen LogP contribution in [0.4, 0.5) is 0 Å². The van der Waals surface area contributed by atoms with Gasteiger partial charge >= 0.3 is 7.12 Å². The number of aromatic amines is 1. The molecule has 6 atom stereocenters. The Bertz CT molecular complexity index is 2310. The number of aliphatic hydroxyl groups excluding tert-OH is 2. The number of nitrogens with one attached hydrogen (secondary N) is 1. The number of aliphatic hydroxyl groups is 2. The number of rotatable bonds is 6. The van der Waals surface area contributed by atoms with E-state index >= 15 is 0 Å². The molecule has 0 spiro atoms. The standard InChI is InChI=1S/C20H27BN2O3.C14H15BrN2O.C9H7BrN2.C5H8O/c1-19(2)20(3,4)26-21(25-19)16-10-8-14(9-11-16)15-12-22-23(13-15)17-6-5-7-18(17)24;15-12-6-4-10(5-7-12)11-8-16-17(9-11)13-2-1-3-14(13)18;10-9-3-1-7(2-4-9)8-5-11-12-6-8;1-2-4-5(3-1)6-4/h8-13,17-18,24H,5-7H2,1-4H3;4-9,13-14,18H,1-3H2;1-6H,(H,11,12);4-5H,1-3H2/t17-,18-;13-,14-;;/m00../s1. The van der Waals surface area contributed by atoms with Gasteiger partial charge in [-0.15, -0.1) is 0 Å². The molecule has 11 rings (SSSR count). The van der Waals surface area contributed by atoms with Gasteiger partial charge in [-0.3, -0.25) is 14.5 Å². The predicted molar refractivity (Wildman–Crippen MR) is 251 cm³/mol. The molecule has 6 aromatic rings. The second-order valence-corrected chi connectivity index (χ2v) is 19.7. The fourth-order valence-electron chi connectivity index (χ4n) is 8.51. The highest BCUT2D eigenvalue weighted by Gasteiger charge is 2.51. The van der Waals surface area contributed by atoms with Gasteiger partial charge in [-0.2, -0.15) is 15.3 Å². The Labute approximate surface area is 382 Å². The van der Waals surface area contributed by atoms with E-state index in [0.717, 1.165) is 80.8 Å². The SMILES string of the molecule is Brc1ccc(-c2cn[nH]c2)cc1.C1CC2OC2C1.CC1(C)OB(c2ccc(-c3cnn([C@H]4CCC[C@@H]4O)c3)cc2)OC1(C)C.O[C@H]1CCC[C@@H]1n1cc(-c2ccc(Br)cc2)cn1. The highest BCUT2D eigenvalue weighted by molar-refractivity contribution is 9.10. The summed E-state index contributed by atoms with van der Waals surface area (Å²) in [6, 6.07) is 24.8. The first kappa shape index (κ1) is 44.7. The van der Waals surface area contributed by atoms with Crippen molar-refractivity contribution in [3.63, 3.8) is 0 Å². The van der Waals surface area contributed by atoms with Gasteiger partial charge in [0.15, 0.2) is 0 Å². The lowest BCUT2D eigenvalue weighted by Gasteiger charge is -2.32. The van der Waals surface area contributed by atoms with E-state index in [-0.39, 0.29) is 42.6 Å². The Morgan fingerprint density at radius 3 is 1.39 bits per heavy atom. The molecule has 5 fully saturated rings. The molecule has 2 saturated heterocycles. The predicted octanol–water partition coefficient (Wildman–Crippen LogP) is 10.1. The summed E-state index contributed by atoms with van der Waals surface area (Å²) in [4.78, 5) is 0. The summed E-state index contributed by atoms with van der Waals surface area (Å²) in [6.07, 6.45) is 22.4. The number of ether oxygens (including phenoxy) is 1. The molecule has 11 nitrogen and oxygen atoms in total. The third kappa shape index (κ3) is 10.7. The molecule has 2 unspecified atom stereocenters. The van der Waals surface area contributed by atoms with Crippen LogP contribution in [-0.2, 0) is 14.0 Å². The van der Waals surface area contributed by atoms with Crippen LogP contribution < -0.4 is 5.46 Å². The summed E-state index contributed by atoms with van der Waals surface area (Å²) < 4.78 is 23.4. The number of hydrogen-bond donors (Lipinski definition) is 3. The lowest BCUT2D eigenvalue weighted by molar-refractivity contribution is 0.00578. The minimum atomic E-state index is -0.342. The maximum Gasteiger partial charge on any atom is 0.494 e. The van der Waals surface area contributed by atoms with Gasteiger partial charge in [-0.05, 0) is 132 Å². The fraction of sp³-hybridized carbons (Fsp3) is 0.438. The largest absolute Gasteiger partial charge is 0.494 e. The molecule has 5 aliphatic rings. The zero-order valence-corrected chi connectivity index (χ0v) is 39.1. The fourth-order valence-corrected chi connectivity index (χ4v) is 9.04. The summed E-state index contributed by atoms with van der Waals surface area (Å²) in [5, 5.41) is 35.5. The first-order valence-electron chi connectivity index (χ1n) is 21.9. The number of hydrogen-bond acceptors (Lipinski definition) is 8. The van der Waals surface area contributed by atoms with Gasteiger partial charge in [0.25, 0.3) is 0 Å². The van der Waals surface area contributed by atoms with Crippen LogP contribution in [0.15, 0.2) is 119 Å². The van der Waals surface area contributed by atoms with Crippen molar-refractivity contribution in [3.05, 3.63) is 119 Å². The van der Waals surface area contributed by atoms with Crippen molar-refractivity contribution in [1.82, 2.24) is 29.8 Å². The summed E-state index contributed by atoms with van der Waals surface area (Å²) in [7, 11) is -0.342. The highest BCUT2D eigenvalue weighted by atomic mass is 79.9. The van der Waals surface area contributed by atoms with Crippen molar-refractivity contribution < 1.29 is 24.3 Å². The van der Waals surface area contributed by atoms with Crippen molar-refractivity contribution in [2.45, 2.75) is 133 Å². The minimum Gasteiger partial charge on any atom is -0.399 e. The van der Waals surface area contributed by atoms with E-state index in [1.165, 1.54) is 24.8 Å². The zero-order chi connectivity index (χ0) is 43.4. The molecule has 5 heterocycles. The average molecular weight is 969 g/mol. The normalized spacial score (nSPS) is 25.2. The van der Waals surface area contributed by atoms with Crippen molar-refractivity contribution in [1.29, 1.82) is 0 Å². The maximum atomic E-state index is 10.1. The summed E-state index contributed by atoms with van der Waals surface area (Å²) >= 11 is 6.82. The molecule has 62 heavy (non-hydrogen) atoms. The first-order valence-corrected chi connectivity index (χ1v) is 23.5. The van der Waals surface area contributed by atoms with E-state index in [0.29, 0.717) is 12.2 Å². The van der Waals surface area contributed by atoms with E-state index in [4.69, 9.17) is 14.0 Å². The van der Waals surface area contributed by atoms with Gasteiger partial charge in [-0.1, -0.05) is 80.4 Å². The van der Waals surface area contributed by atoms with Crippen LogP contribution in [0.5, 0.6) is 0 Å². The van der Waals surface area contributed by atoms with Crippen LogP contribution in [0.3, 0.4) is 0 Å². The van der Waals surface area contributed by atoms with E-state index in [1.807, 2.05) is 70.8 Å².